The number of nitrogens with two attached hydrogens (primary N) is 1. The van der Waals surface area contributed by atoms with Gasteiger partial charge in [0.05, 0.1) is 5.69 Å². The second kappa shape index (κ2) is 6.11. The van der Waals surface area contributed by atoms with Gasteiger partial charge in [-0.1, -0.05) is 6.42 Å². The van der Waals surface area contributed by atoms with Crippen LogP contribution in [0.4, 0.5) is 5.69 Å². The van der Waals surface area contributed by atoms with Crippen LogP contribution in [0.2, 0.25) is 0 Å². The van der Waals surface area contributed by atoms with Crippen LogP contribution in [0.25, 0.3) is 0 Å². The molecule has 4 heteroatoms. The lowest BCUT2D eigenvalue weighted by atomic mass is 10.0. The van der Waals surface area contributed by atoms with E-state index in [9.17, 15) is 0 Å². The first-order valence-electron chi connectivity index (χ1n) is 5.93. The molecule has 1 aromatic rings. The van der Waals surface area contributed by atoms with Crippen LogP contribution >= 0.6 is 11.8 Å². The predicted molar refractivity (Wildman–Crippen MR) is 69.6 cm³/mol. The Balaban J connectivity index is 1.73. The molecule has 1 aliphatic heterocycles. The number of nitrogens with zero attached hydrogens (tertiary/aromatic N) is 1. The molecule has 0 amide bonds. The highest BCUT2D eigenvalue weighted by Gasteiger charge is 2.12. The van der Waals surface area contributed by atoms with Gasteiger partial charge in [-0.15, -0.1) is 11.8 Å². The fourth-order valence-corrected chi connectivity index (χ4v) is 2.96. The molecule has 16 heavy (non-hydrogen) atoms. The van der Waals surface area contributed by atoms with Crippen molar-refractivity contribution in [2.75, 3.05) is 18.0 Å². The molecule has 2 heterocycles. The summed E-state index contributed by atoms with van der Waals surface area (Å²) in [7, 11) is 0. The molecule has 0 radical (unpaired) electrons. The van der Waals surface area contributed by atoms with E-state index in [2.05, 4.69) is 10.3 Å². The topological polar surface area (TPSA) is 50.9 Å². The van der Waals surface area contributed by atoms with E-state index in [0.29, 0.717) is 6.04 Å². The van der Waals surface area contributed by atoms with Gasteiger partial charge in [-0.25, -0.2) is 4.98 Å². The van der Waals surface area contributed by atoms with Gasteiger partial charge in [-0.3, -0.25) is 0 Å². The monoisotopic (exact) mass is 237 g/mol. The third-order valence-electron chi connectivity index (χ3n) is 2.92. The van der Waals surface area contributed by atoms with Crippen LogP contribution in [-0.4, -0.2) is 23.3 Å². The van der Waals surface area contributed by atoms with E-state index in [1.54, 1.807) is 18.0 Å². The summed E-state index contributed by atoms with van der Waals surface area (Å²) in [5.74, 6) is 1.10. The molecule has 1 aromatic heterocycles. The van der Waals surface area contributed by atoms with E-state index >= 15 is 0 Å². The summed E-state index contributed by atoms with van der Waals surface area (Å²) in [5, 5.41) is 4.53. The van der Waals surface area contributed by atoms with Crippen LogP contribution in [-0.2, 0) is 0 Å². The van der Waals surface area contributed by atoms with Crippen molar-refractivity contribution >= 4 is 17.4 Å². The Morgan fingerprint density at radius 3 is 3.19 bits per heavy atom. The van der Waals surface area contributed by atoms with Gasteiger partial charge in [0.2, 0.25) is 0 Å². The lowest BCUT2D eigenvalue weighted by Crippen LogP contribution is -2.34. The summed E-state index contributed by atoms with van der Waals surface area (Å²) in [6.45, 7) is 1.18. The van der Waals surface area contributed by atoms with Crippen LogP contribution in [0.1, 0.15) is 25.7 Å². The number of nitrogen functional groups attached to an aromatic ring is 1. The average molecular weight is 237 g/mol. The molecule has 0 saturated carbocycles. The van der Waals surface area contributed by atoms with E-state index < -0.39 is 0 Å². The van der Waals surface area contributed by atoms with Crippen LogP contribution in [0.15, 0.2) is 23.4 Å². The molecule has 0 aliphatic carbocycles. The minimum atomic E-state index is 0.700. The van der Waals surface area contributed by atoms with Gasteiger partial charge in [0, 0.05) is 18.0 Å². The Kier molecular flexibility index (Phi) is 4.48. The van der Waals surface area contributed by atoms with Crippen molar-refractivity contribution in [3.63, 3.8) is 0 Å². The molecule has 1 saturated heterocycles. The molecule has 1 atom stereocenters. The van der Waals surface area contributed by atoms with Crippen LogP contribution in [0.3, 0.4) is 0 Å². The zero-order chi connectivity index (χ0) is 11.2. The third-order valence-corrected chi connectivity index (χ3v) is 3.97. The maximum absolute atomic E-state index is 5.84. The van der Waals surface area contributed by atoms with Crippen LogP contribution < -0.4 is 11.1 Å². The number of rotatable bonds is 4. The van der Waals surface area contributed by atoms with Crippen molar-refractivity contribution in [3.8, 4) is 0 Å². The number of hydrogen-bond acceptors (Lipinski definition) is 4. The van der Waals surface area contributed by atoms with Crippen molar-refractivity contribution < 1.29 is 0 Å². The maximum Gasteiger partial charge on any atom is 0.119 e. The quantitative estimate of drug-likeness (QED) is 0.789. The summed E-state index contributed by atoms with van der Waals surface area (Å²) in [5.41, 5.74) is 6.64. The second-order valence-corrected chi connectivity index (χ2v) is 5.27. The van der Waals surface area contributed by atoms with Gasteiger partial charge in [-0.05, 0) is 37.9 Å². The van der Waals surface area contributed by atoms with E-state index in [-0.39, 0.29) is 0 Å². The molecular formula is C12H19N3S. The molecule has 0 spiro atoms. The van der Waals surface area contributed by atoms with Gasteiger partial charge in [-0.2, -0.15) is 0 Å². The largest absolute Gasteiger partial charge is 0.397 e. The average Bonchev–Trinajstić information content (AvgIpc) is 2.33. The van der Waals surface area contributed by atoms with Gasteiger partial charge in [0.1, 0.15) is 5.03 Å². The van der Waals surface area contributed by atoms with Crippen molar-refractivity contribution in [1.82, 2.24) is 10.3 Å². The Morgan fingerprint density at radius 1 is 1.50 bits per heavy atom. The summed E-state index contributed by atoms with van der Waals surface area (Å²) in [4.78, 5) is 4.28. The van der Waals surface area contributed by atoms with Crippen molar-refractivity contribution in [3.05, 3.63) is 18.3 Å². The van der Waals surface area contributed by atoms with Crippen LogP contribution in [0, 0.1) is 0 Å². The smallest absolute Gasteiger partial charge is 0.119 e. The molecular weight excluding hydrogens is 218 g/mol. The molecule has 0 aromatic carbocycles. The first-order valence-corrected chi connectivity index (χ1v) is 6.91. The molecule has 3 nitrogen and oxygen atoms in total. The fraction of sp³-hybridized carbons (Fsp3) is 0.583. The molecule has 1 unspecified atom stereocenters. The number of nitrogens with one attached hydrogen (secondary N) is 1. The number of aromatic nitrogens is 1. The minimum absolute atomic E-state index is 0.700. The fourth-order valence-electron chi connectivity index (χ4n) is 1.99. The number of thioether (sulfide) groups is 1. The molecule has 1 fully saturated rings. The van der Waals surface area contributed by atoms with E-state index in [1.165, 1.54) is 32.2 Å². The standard InChI is InChI=1S/C12H19N3S/c13-11-5-3-8-15-12(11)16-9-6-10-4-1-2-7-14-10/h3,5,8,10,14H,1-2,4,6-7,9,13H2. The molecule has 88 valence electrons. The van der Waals surface area contributed by atoms with Gasteiger partial charge < -0.3 is 11.1 Å². The summed E-state index contributed by atoms with van der Waals surface area (Å²) < 4.78 is 0. The van der Waals surface area contributed by atoms with E-state index in [1.807, 2.05) is 12.1 Å². The molecule has 0 bridgehead atoms. The first kappa shape index (κ1) is 11.7. The summed E-state index contributed by atoms with van der Waals surface area (Å²) in [6, 6.07) is 4.49. The van der Waals surface area contributed by atoms with E-state index in [0.717, 1.165) is 16.5 Å². The molecule has 2 rings (SSSR count). The SMILES string of the molecule is Nc1cccnc1SCCC1CCCCN1. The Bertz CT molecular complexity index is 324. The Hall–Kier alpha value is -0.740. The number of pyridine rings is 1. The van der Waals surface area contributed by atoms with Gasteiger partial charge >= 0.3 is 0 Å². The highest BCUT2D eigenvalue weighted by molar-refractivity contribution is 7.99. The van der Waals surface area contributed by atoms with Crippen molar-refractivity contribution in [2.24, 2.45) is 0 Å². The highest BCUT2D eigenvalue weighted by Crippen LogP contribution is 2.23. The van der Waals surface area contributed by atoms with Gasteiger partial charge in [0.25, 0.3) is 0 Å². The number of anilines is 1. The van der Waals surface area contributed by atoms with Crippen molar-refractivity contribution in [1.29, 1.82) is 0 Å². The zero-order valence-electron chi connectivity index (χ0n) is 9.48. The summed E-state index contributed by atoms with van der Waals surface area (Å²) >= 11 is 1.76. The first-order chi connectivity index (χ1) is 7.86. The van der Waals surface area contributed by atoms with Gasteiger partial charge in [0.15, 0.2) is 0 Å². The lowest BCUT2D eigenvalue weighted by Gasteiger charge is -2.23. The second-order valence-electron chi connectivity index (χ2n) is 4.18. The number of hydrogen-bond donors (Lipinski definition) is 2. The maximum atomic E-state index is 5.84. The third kappa shape index (κ3) is 3.39. The zero-order valence-corrected chi connectivity index (χ0v) is 10.3. The summed E-state index contributed by atoms with van der Waals surface area (Å²) in [6.07, 6.45) is 7.03. The molecule has 1 aliphatic rings. The Morgan fingerprint density at radius 2 is 2.44 bits per heavy atom. The van der Waals surface area contributed by atoms with E-state index in [4.69, 9.17) is 5.73 Å². The number of piperidine rings is 1. The highest BCUT2D eigenvalue weighted by atomic mass is 32.2. The Labute approximate surface area is 101 Å². The minimum Gasteiger partial charge on any atom is -0.397 e. The lowest BCUT2D eigenvalue weighted by molar-refractivity contribution is 0.394. The van der Waals surface area contributed by atoms with Crippen molar-refractivity contribution in [2.45, 2.75) is 36.8 Å². The molecule has 3 N–H and O–H groups in total. The predicted octanol–water partition coefficient (Wildman–Crippen LogP) is 2.29. The van der Waals surface area contributed by atoms with Crippen LogP contribution in [0.5, 0.6) is 0 Å². The normalized spacial score (nSPS) is 20.9.